The molecule has 31 heavy (non-hydrogen) atoms. The van der Waals surface area contributed by atoms with E-state index in [4.69, 9.17) is 4.74 Å². The van der Waals surface area contributed by atoms with Gasteiger partial charge in [-0.15, -0.1) is 0 Å². The maximum Gasteiger partial charge on any atom is 0.243 e. The van der Waals surface area contributed by atoms with E-state index in [1.165, 1.54) is 12.1 Å². The summed E-state index contributed by atoms with van der Waals surface area (Å²) in [5.41, 5.74) is 1.70. The van der Waals surface area contributed by atoms with Crippen molar-refractivity contribution >= 4 is 10.0 Å². The molecule has 2 fully saturated rings. The van der Waals surface area contributed by atoms with Crippen molar-refractivity contribution in [1.82, 2.24) is 9.29 Å². The number of aromatic nitrogens is 1. The predicted octanol–water partition coefficient (Wildman–Crippen LogP) is 4.65. The Morgan fingerprint density at radius 2 is 1.48 bits per heavy atom. The third-order valence-corrected chi connectivity index (χ3v) is 8.17. The van der Waals surface area contributed by atoms with Gasteiger partial charge in [-0.25, -0.2) is 17.8 Å². The quantitative estimate of drug-likeness (QED) is 0.582. The Balaban J connectivity index is 1.33. The van der Waals surface area contributed by atoms with E-state index in [9.17, 15) is 12.8 Å². The number of piperidine rings is 1. The molecule has 2 aliphatic heterocycles. The molecule has 3 heterocycles. The van der Waals surface area contributed by atoms with E-state index in [2.05, 4.69) is 4.98 Å². The molecular weight excluding hydrogens is 415 g/mol. The number of halogens is 1. The Morgan fingerprint density at radius 3 is 2.06 bits per heavy atom. The van der Waals surface area contributed by atoms with Crippen LogP contribution < -0.4 is 4.74 Å². The number of rotatable bonds is 5. The number of pyridine rings is 1. The van der Waals surface area contributed by atoms with Crippen LogP contribution >= 0.6 is 0 Å². The van der Waals surface area contributed by atoms with Crippen molar-refractivity contribution in [2.24, 2.45) is 0 Å². The summed E-state index contributed by atoms with van der Waals surface area (Å²) in [4.78, 5) is 4.51. The van der Waals surface area contributed by atoms with Crippen molar-refractivity contribution in [1.29, 1.82) is 0 Å². The summed E-state index contributed by atoms with van der Waals surface area (Å²) in [6, 6.07) is 18.4. The molecule has 3 aromatic rings. The van der Waals surface area contributed by atoms with Crippen LogP contribution in [-0.4, -0.2) is 35.9 Å². The molecule has 0 amide bonds. The topological polar surface area (TPSA) is 59.5 Å². The average molecular weight is 439 g/mol. The molecule has 5 nitrogen and oxygen atoms in total. The van der Waals surface area contributed by atoms with Crippen LogP contribution in [0.4, 0.5) is 4.39 Å². The first-order valence-electron chi connectivity index (χ1n) is 10.5. The molecule has 160 valence electrons. The lowest BCUT2D eigenvalue weighted by Gasteiger charge is -2.37. The molecule has 5 rings (SSSR count). The number of fused-ring (bicyclic) bond motifs is 2. The largest absolute Gasteiger partial charge is 0.474 e. The molecular formula is C24H23FN2O3S. The van der Waals surface area contributed by atoms with Crippen molar-refractivity contribution in [3.63, 3.8) is 0 Å². The van der Waals surface area contributed by atoms with Crippen molar-refractivity contribution in [3.05, 3.63) is 78.7 Å². The number of sulfonamides is 1. The molecule has 2 bridgehead atoms. The molecule has 1 aromatic heterocycles. The van der Waals surface area contributed by atoms with Crippen LogP contribution in [0.2, 0.25) is 0 Å². The summed E-state index contributed by atoms with van der Waals surface area (Å²) >= 11 is 0. The highest BCUT2D eigenvalue weighted by molar-refractivity contribution is 7.89. The SMILES string of the molecule is O=S(=O)(c1ccc(-c2ccc(F)cc2)cc1)N1C2CCC1CC(Oc1ccccn1)C2. The normalized spacial score (nSPS) is 23.6. The third kappa shape index (κ3) is 3.95. The summed E-state index contributed by atoms with van der Waals surface area (Å²) in [5, 5.41) is 0. The van der Waals surface area contributed by atoms with Crippen molar-refractivity contribution in [2.75, 3.05) is 0 Å². The minimum Gasteiger partial charge on any atom is -0.474 e. The van der Waals surface area contributed by atoms with Gasteiger partial charge in [0.2, 0.25) is 15.9 Å². The first-order chi connectivity index (χ1) is 15.0. The Hall–Kier alpha value is -2.77. The van der Waals surface area contributed by atoms with Crippen LogP contribution in [0.1, 0.15) is 25.7 Å². The summed E-state index contributed by atoms with van der Waals surface area (Å²) in [6.07, 6.45) is 4.69. The minimum absolute atomic E-state index is 0.0281. The highest BCUT2D eigenvalue weighted by Crippen LogP contribution is 2.41. The molecule has 2 saturated heterocycles. The van der Waals surface area contributed by atoms with Crippen LogP contribution in [-0.2, 0) is 10.0 Å². The van der Waals surface area contributed by atoms with E-state index >= 15 is 0 Å². The highest BCUT2D eigenvalue weighted by Gasteiger charge is 2.47. The zero-order chi connectivity index (χ0) is 21.4. The lowest BCUT2D eigenvalue weighted by atomic mass is 10.0. The molecule has 0 spiro atoms. The van der Waals surface area contributed by atoms with Gasteiger partial charge < -0.3 is 4.74 Å². The van der Waals surface area contributed by atoms with Gasteiger partial charge in [0.15, 0.2) is 0 Å². The van der Waals surface area contributed by atoms with Crippen LogP contribution in [0.15, 0.2) is 77.8 Å². The van der Waals surface area contributed by atoms with E-state index in [-0.39, 0.29) is 24.0 Å². The Kier molecular flexibility index (Phi) is 5.24. The minimum atomic E-state index is -3.60. The second kappa shape index (κ2) is 8.05. The lowest BCUT2D eigenvalue weighted by molar-refractivity contribution is 0.0918. The average Bonchev–Trinajstić information content (AvgIpc) is 3.07. The Morgan fingerprint density at radius 1 is 0.871 bits per heavy atom. The Bertz CT molecular complexity index is 1140. The van der Waals surface area contributed by atoms with Gasteiger partial charge in [-0.2, -0.15) is 4.31 Å². The third-order valence-electron chi connectivity index (χ3n) is 6.16. The zero-order valence-corrected chi connectivity index (χ0v) is 17.7. The number of hydrogen-bond acceptors (Lipinski definition) is 4. The predicted molar refractivity (Wildman–Crippen MR) is 116 cm³/mol. The number of ether oxygens (including phenoxy) is 1. The molecule has 0 aliphatic carbocycles. The van der Waals surface area contributed by atoms with Gasteiger partial charge in [-0.3, -0.25) is 0 Å². The van der Waals surface area contributed by atoms with Gasteiger partial charge in [0.1, 0.15) is 11.9 Å². The lowest BCUT2D eigenvalue weighted by Crippen LogP contribution is -2.49. The Labute approximate surface area is 181 Å². The van der Waals surface area contributed by atoms with Crippen LogP contribution in [0, 0.1) is 5.82 Å². The molecule has 2 aromatic carbocycles. The number of nitrogens with zero attached hydrogens (tertiary/aromatic N) is 2. The van der Waals surface area contributed by atoms with Gasteiger partial charge in [-0.1, -0.05) is 30.3 Å². The summed E-state index contributed by atoms with van der Waals surface area (Å²) in [5.74, 6) is 0.286. The van der Waals surface area contributed by atoms with Crippen molar-refractivity contribution in [3.8, 4) is 17.0 Å². The summed E-state index contributed by atoms with van der Waals surface area (Å²) in [6.45, 7) is 0. The standard InChI is InChI=1S/C24H23FN2O3S/c25-19-8-4-17(5-9-19)18-6-12-23(13-7-18)31(28,29)27-20-10-11-21(27)16-22(15-20)30-24-3-1-2-14-26-24/h1-9,12-14,20-22H,10-11,15-16H2. The fourth-order valence-electron chi connectivity index (χ4n) is 4.74. The van der Waals surface area contributed by atoms with Gasteiger partial charge >= 0.3 is 0 Å². The molecule has 2 unspecified atom stereocenters. The van der Waals surface area contributed by atoms with E-state index in [0.717, 1.165) is 24.0 Å². The van der Waals surface area contributed by atoms with Gasteiger partial charge in [0.05, 0.1) is 4.90 Å². The maximum atomic E-state index is 13.4. The van der Waals surface area contributed by atoms with Crippen molar-refractivity contribution in [2.45, 2.75) is 48.8 Å². The van der Waals surface area contributed by atoms with Crippen LogP contribution in [0.3, 0.4) is 0 Å². The molecule has 2 aliphatic rings. The summed E-state index contributed by atoms with van der Waals surface area (Å²) < 4.78 is 47.7. The summed E-state index contributed by atoms with van der Waals surface area (Å²) in [7, 11) is -3.60. The zero-order valence-electron chi connectivity index (χ0n) is 16.9. The number of hydrogen-bond donors (Lipinski definition) is 0. The molecule has 2 atom stereocenters. The van der Waals surface area contributed by atoms with E-state index in [1.807, 2.05) is 18.2 Å². The first kappa shape index (κ1) is 20.2. The van der Waals surface area contributed by atoms with Crippen LogP contribution in [0.25, 0.3) is 11.1 Å². The fourth-order valence-corrected chi connectivity index (χ4v) is 6.64. The molecule has 0 N–H and O–H groups in total. The monoisotopic (exact) mass is 438 g/mol. The highest BCUT2D eigenvalue weighted by atomic mass is 32.2. The van der Waals surface area contributed by atoms with Gasteiger partial charge in [0.25, 0.3) is 0 Å². The fraction of sp³-hybridized carbons (Fsp3) is 0.292. The molecule has 7 heteroatoms. The first-order valence-corrected chi connectivity index (χ1v) is 11.9. The van der Waals surface area contributed by atoms with E-state index in [1.54, 1.807) is 46.9 Å². The smallest absolute Gasteiger partial charge is 0.243 e. The number of benzene rings is 2. The van der Waals surface area contributed by atoms with Crippen LogP contribution in [0.5, 0.6) is 5.88 Å². The van der Waals surface area contributed by atoms with E-state index < -0.39 is 10.0 Å². The van der Waals surface area contributed by atoms with E-state index in [0.29, 0.717) is 23.6 Å². The molecule has 0 radical (unpaired) electrons. The van der Waals surface area contributed by atoms with Gasteiger partial charge in [-0.05, 0) is 54.3 Å². The van der Waals surface area contributed by atoms with Crippen molar-refractivity contribution < 1.29 is 17.5 Å². The van der Waals surface area contributed by atoms with Gasteiger partial charge in [0, 0.05) is 37.2 Å². The molecule has 0 saturated carbocycles. The maximum absolute atomic E-state index is 13.4. The second-order valence-corrected chi connectivity index (χ2v) is 9.97. The second-order valence-electron chi connectivity index (χ2n) is 8.13.